The minimum atomic E-state index is -0.0245. The summed E-state index contributed by atoms with van der Waals surface area (Å²) in [5.74, 6) is 0. The minimum absolute atomic E-state index is 0.0245. The molecule has 2 heteroatoms. The molecule has 0 aliphatic carbocycles. The standard InChI is InChI=1S/C16H27NO/c1-12-8-13(2)10-14(9-12)15(17)11-18-7-6-16(3,4)5/h8-10,15H,6-7,11,17H2,1-5H3. The number of aryl methyl sites for hydroxylation is 2. The summed E-state index contributed by atoms with van der Waals surface area (Å²) < 4.78 is 5.68. The van der Waals surface area contributed by atoms with Gasteiger partial charge >= 0.3 is 0 Å². The van der Waals surface area contributed by atoms with Crippen LogP contribution in [0.3, 0.4) is 0 Å². The first-order chi connectivity index (χ1) is 8.28. The molecule has 1 aromatic carbocycles. The second kappa shape index (κ2) is 6.35. The highest BCUT2D eigenvalue weighted by Gasteiger charge is 2.11. The molecule has 0 aromatic heterocycles. The summed E-state index contributed by atoms with van der Waals surface area (Å²) in [5, 5.41) is 0. The minimum Gasteiger partial charge on any atom is -0.379 e. The van der Waals surface area contributed by atoms with Gasteiger partial charge in [-0.15, -0.1) is 0 Å². The fraction of sp³-hybridized carbons (Fsp3) is 0.625. The van der Waals surface area contributed by atoms with Gasteiger partial charge in [-0.1, -0.05) is 50.1 Å². The van der Waals surface area contributed by atoms with Gasteiger partial charge in [-0.3, -0.25) is 0 Å². The van der Waals surface area contributed by atoms with E-state index in [1.54, 1.807) is 0 Å². The van der Waals surface area contributed by atoms with Gasteiger partial charge in [0.25, 0.3) is 0 Å². The van der Waals surface area contributed by atoms with Gasteiger partial charge in [0, 0.05) is 6.61 Å². The maximum Gasteiger partial charge on any atom is 0.0659 e. The van der Waals surface area contributed by atoms with Crippen molar-refractivity contribution >= 4 is 0 Å². The van der Waals surface area contributed by atoms with E-state index in [1.807, 2.05) is 0 Å². The van der Waals surface area contributed by atoms with Crippen LogP contribution < -0.4 is 5.73 Å². The summed E-state index contributed by atoms with van der Waals surface area (Å²) in [6.45, 7) is 12.2. The van der Waals surface area contributed by atoms with Crippen molar-refractivity contribution < 1.29 is 4.74 Å². The maximum atomic E-state index is 6.16. The van der Waals surface area contributed by atoms with Gasteiger partial charge in [0.05, 0.1) is 12.6 Å². The molecule has 0 spiro atoms. The Morgan fingerprint density at radius 1 is 1.11 bits per heavy atom. The molecule has 1 rings (SSSR count). The molecular formula is C16H27NO. The molecule has 102 valence electrons. The van der Waals surface area contributed by atoms with E-state index >= 15 is 0 Å². The van der Waals surface area contributed by atoms with Gasteiger partial charge in [-0.05, 0) is 31.2 Å². The van der Waals surface area contributed by atoms with E-state index in [9.17, 15) is 0 Å². The summed E-state index contributed by atoms with van der Waals surface area (Å²) in [6, 6.07) is 6.43. The summed E-state index contributed by atoms with van der Waals surface area (Å²) in [4.78, 5) is 0. The number of nitrogens with two attached hydrogens (primary N) is 1. The van der Waals surface area contributed by atoms with E-state index in [2.05, 4.69) is 52.8 Å². The van der Waals surface area contributed by atoms with Gasteiger partial charge < -0.3 is 10.5 Å². The summed E-state index contributed by atoms with van der Waals surface area (Å²) in [6.07, 6.45) is 1.06. The van der Waals surface area contributed by atoms with Crippen LogP contribution in [0, 0.1) is 19.3 Å². The first kappa shape index (κ1) is 15.2. The Balaban J connectivity index is 2.43. The van der Waals surface area contributed by atoms with Crippen molar-refractivity contribution in [2.75, 3.05) is 13.2 Å². The monoisotopic (exact) mass is 249 g/mol. The van der Waals surface area contributed by atoms with Gasteiger partial charge in [-0.25, -0.2) is 0 Å². The molecule has 18 heavy (non-hydrogen) atoms. The van der Waals surface area contributed by atoms with E-state index < -0.39 is 0 Å². The van der Waals surface area contributed by atoms with E-state index in [4.69, 9.17) is 10.5 Å². The lowest BCUT2D eigenvalue weighted by Crippen LogP contribution is -2.19. The van der Waals surface area contributed by atoms with Crippen molar-refractivity contribution in [3.63, 3.8) is 0 Å². The smallest absolute Gasteiger partial charge is 0.0659 e. The van der Waals surface area contributed by atoms with Gasteiger partial charge in [-0.2, -0.15) is 0 Å². The van der Waals surface area contributed by atoms with Crippen molar-refractivity contribution in [2.24, 2.45) is 11.1 Å². The van der Waals surface area contributed by atoms with Crippen LogP contribution in [0.2, 0.25) is 0 Å². The zero-order chi connectivity index (χ0) is 13.8. The lowest BCUT2D eigenvalue weighted by molar-refractivity contribution is 0.0974. The largest absolute Gasteiger partial charge is 0.379 e. The number of ether oxygens (including phenoxy) is 1. The Bertz CT molecular complexity index is 359. The second-order valence-corrected chi connectivity index (χ2v) is 6.41. The SMILES string of the molecule is Cc1cc(C)cc(C(N)COCCC(C)(C)C)c1. The van der Waals surface area contributed by atoms with Crippen LogP contribution in [0.5, 0.6) is 0 Å². The quantitative estimate of drug-likeness (QED) is 0.806. The zero-order valence-electron chi connectivity index (χ0n) is 12.4. The molecule has 1 aromatic rings. The average molecular weight is 249 g/mol. The van der Waals surface area contributed by atoms with E-state index in [0.29, 0.717) is 12.0 Å². The molecule has 0 saturated carbocycles. The summed E-state index contributed by atoms with van der Waals surface area (Å²) in [5.41, 5.74) is 10.2. The van der Waals surface area contributed by atoms with Gasteiger partial charge in [0.1, 0.15) is 0 Å². The predicted octanol–water partition coefficient (Wildman–Crippen LogP) is 3.76. The van der Waals surface area contributed by atoms with Crippen LogP contribution in [-0.2, 0) is 4.74 Å². The predicted molar refractivity (Wildman–Crippen MR) is 77.7 cm³/mol. The molecule has 1 atom stereocenters. The van der Waals surface area contributed by atoms with E-state index in [1.165, 1.54) is 16.7 Å². The first-order valence-corrected chi connectivity index (χ1v) is 6.69. The molecule has 0 fully saturated rings. The third-order valence-corrected chi connectivity index (χ3v) is 2.97. The fourth-order valence-corrected chi connectivity index (χ4v) is 1.91. The third kappa shape index (κ3) is 5.65. The number of benzene rings is 1. The molecule has 0 bridgehead atoms. The molecule has 0 amide bonds. The normalized spacial score (nSPS) is 13.7. The lowest BCUT2D eigenvalue weighted by atomic mass is 9.93. The average Bonchev–Trinajstić information content (AvgIpc) is 2.21. The molecule has 0 saturated heterocycles. The zero-order valence-corrected chi connectivity index (χ0v) is 12.4. The highest BCUT2D eigenvalue weighted by atomic mass is 16.5. The summed E-state index contributed by atoms with van der Waals surface area (Å²) in [7, 11) is 0. The molecule has 0 heterocycles. The van der Waals surface area contributed by atoms with Crippen molar-refractivity contribution in [2.45, 2.75) is 47.1 Å². The van der Waals surface area contributed by atoms with Crippen LogP contribution in [0.25, 0.3) is 0 Å². The Morgan fingerprint density at radius 2 is 1.67 bits per heavy atom. The molecule has 0 aliphatic heterocycles. The second-order valence-electron chi connectivity index (χ2n) is 6.41. The molecule has 1 unspecified atom stereocenters. The van der Waals surface area contributed by atoms with Crippen molar-refractivity contribution in [3.05, 3.63) is 34.9 Å². The molecule has 0 aliphatic rings. The van der Waals surface area contributed by atoms with E-state index in [-0.39, 0.29) is 6.04 Å². The number of hydrogen-bond donors (Lipinski definition) is 1. The van der Waals surface area contributed by atoms with E-state index in [0.717, 1.165) is 13.0 Å². The van der Waals surface area contributed by atoms with Crippen molar-refractivity contribution in [1.29, 1.82) is 0 Å². The van der Waals surface area contributed by atoms with Crippen LogP contribution in [0.4, 0.5) is 0 Å². The lowest BCUT2D eigenvalue weighted by Gasteiger charge is -2.19. The van der Waals surface area contributed by atoms with Crippen LogP contribution >= 0.6 is 0 Å². The molecule has 0 radical (unpaired) electrons. The van der Waals surface area contributed by atoms with Crippen molar-refractivity contribution in [3.8, 4) is 0 Å². The molecule has 2 N–H and O–H groups in total. The third-order valence-electron chi connectivity index (χ3n) is 2.97. The topological polar surface area (TPSA) is 35.2 Å². The van der Waals surface area contributed by atoms with Crippen LogP contribution in [0.1, 0.15) is 49.9 Å². The Kier molecular flexibility index (Phi) is 5.36. The number of hydrogen-bond acceptors (Lipinski definition) is 2. The Morgan fingerprint density at radius 3 is 2.17 bits per heavy atom. The highest BCUT2D eigenvalue weighted by molar-refractivity contribution is 5.30. The van der Waals surface area contributed by atoms with Crippen LogP contribution in [-0.4, -0.2) is 13.2 Å². The van der Waals surface area contributed by atoms with Gasteiger partial charge in [0.2, 0.25) is 0 Å². The Hall–Kier alpha value is -0.860. The fourth-order valence-electron chi connectivity index (χ4n) is 1.91. The molecule has 2 nitrogen and oxygen atoms in total. The first-order valence-electron chi connectivity index (χ1n) is 6.69. The number of rotatable bonds is 5. The van der Waals surface area contributed by atoms with Crippen LogP contribution in [0.15, 0.2) is 18.2 Å². The molecular weight excluding hydrogens is 222 g/mol. The Labute approximate surface area is 112 Å². The van der Waals surface area contributed by atoms with Gasteiger partial charge in [0.15, 0.2) is 0 Å². The highest BCUT2D eigenvalue weighted by Crippen LogP contribution is 2.19. The maximum absolute atomic E-state index is 6.16. The summed E-state index contributed by atoms with van der Waals surface area (Å²) >= 11 is 0. The van der Waals surface area contributed by atoms with Crippen molar-refractivity contribution in [1.82, 2.24) is 0 Å².